The molecule has 0 radical (unpaired) electrons. The molecule has 0 fully saturated rings. The van der Waals surface area contributed by atoms with Gasteiger partial charge in [0.25, 0.3) is 0 Å². The van der Waals surface area contributed by atoms with Crippen LogP contribution in [0, 0.1) is 41.4 Å². The van der Waals surface area contributed by atoms with E-state index in [-0.39, 0.29) is 173 Å². The van der Waals surface area contributed by atoms with Gasteiger partial charge >= 0.3 is 12.1 Å². The molecule has 5 N–H and O–H groups in total. The molecule has 0 rings (SSSR count). The fourth-order valence-corrected chi connectivity index (χ4v) is 7.56. The molecule has 21 nitrogen and oxygen atoms in total. The van der Waals surface area contributed by atoms with Crippen LogP contribution in [0.5, 0.6) is 0 Å². The van der Waals surface area contributed by atoms with E-state index in [4.69, 9.17) is 42.6 Å². The maximum atomic E-state index is 11.5. The van der Waals surface area contributed by atoms with Gasteiger partial charge in [-0.2, -0.15) is 11.8 Å². The number of thioether (sulfide) groups is 1. The Kier molecular flexibility index (Phi) is 235. The Bertz CT molecular complexity index is 1670. The van der Waals surface area contributed by atoms with Crippen molar-refractivity contribution in [2.24, 2.45) is 41.4 Å². The fraction of sp³-hybridized carbons (Fsp3) is 0.937. The molecular weight excluding hydrogens is 1500 g/mol. The lowest BCUT2D eigenvalue weighted by atomic mass is 10.1. The average Bonchev–Trinajstić information content (AvgIpc) is 0.982. The first-order valence-corrected chi connectivity index (χ1v) is 40.7. The van der Waals surface area contributed by atoms with Gasteiger partial charge in [0.05, 0.1) is 33.5 Å². The first-order valence-electron chi connectivity index (χ1n) is 39.5. The topological polar surface area (TPSA) is 255 Å². The molecule has 7 unspecified atom stereocenters. The predicted octanol–water partition coefficient (Wildman–Crippen LogP) is 26.5. The van der Waals surface area contributed by atoms with Gasteiger partial charge in [-0.3, -0.25) is 24.0 Å². The van der Waals surface area contributed by atoms with Gasteiger partial charge in [-0.1, -0.05) is 294 Å². The number of nitrogens with one attached hydrogen (secondary N) is 5. The third kappa shape index (κ3) is 180. The second kappa shape index (κ2) is 153. The number of carbonyl (C=O) groups excluding carboxylic acids is 6. The van der Waals surface area contributed by atoms with Crippen molar-refractivity contribution in [3.8, 4) is 0 Å². The van der Waals surface area contributed by atoms with Crippen LogP contribution in [0.3, 0.4) is 0 Å². The number of rotatable bonds is 56. The number of unbranched alkanes of at least 4 members (excludes halogenated alkanes) is 4. The summed E-state index contributed by atoms with van der Waals surface area (Å²) in [6, 6.07) is 0. The maximum absolute atomic E-state index is 11.5. The molecule has 0 spiro atoms. The van der Waals surface area contributed by atoms with Gasteiger partial charge in [-0.25, -0.2) is 4.79 Å². The molecular formula is C95H231N5O16S. The molecule has 22 heteroatoms. The first kappa shape index (κ1) is 179. The van der Waals surface area contributed by atoms with Gasteiger partial charge < -0.3 is 74.0 Å². The number of amides is 5. The quantitative estimate of drug-likeness (QED) is 0.0280. The third-order valence-electron chi connectivity index (χ3n) is 15.3. The molecule has 0 aromatic carbocycles. The molecule has 0 heterocycles. The van der Waals surface area contributed by atoms with Crippen LogP contribution < -0.4 is 26.6 Å². The van der Waals surface area contributed by atoms with Crippen LogP contribution in [0.1, 0.15) is 393 Å². The lowest BCUT2D eigenvalue weighted by Gasteiger charge is -2.20. The number of hydrogen-bond acceptors (Lipinski definition) is 17. The highest BCUT2D eigenvalue weighted by Crippen LogP contribution is 2.10. The summed E-state index contributed by atoms with van der Waals surface area (Å²) in [6.07, 6.45) is 18.4. The standard InChI is InChI=1S/C21H43NO4S.C16H32N2O3.C10H21NO2.C10H22O.C8H17NO2.C7H16O.C4H10O.C3H6O2.16CH4/c1-6-18(4)14-24-16-20(17-25-15-19(5)7-2)26-11-9-12-27-13-10-21(23)22-8-3;1-4-14(3)13-21-12-8-6-7-11-18-16(20)10-9-15(19)17-5-2;1-4-9(3)8-13-7-6-11-10(12)5-2;1-4-6-7-8-11-9-10(3)5-2;1-4-7(3)6-11-8(10)9-5-2;1-4-7(3)6-8-5-2;1-3-4-5-2;1-3(4)5-2;;;;;;;;;;;;;;;;/h18-20H,6-17H2,1-5H3,(H,22,23);14H,4-13H2,1-3H3,(H,17,19)(H,18,20);9H,4-8H2,1-3H3,(H,11,12);10H,4-9H2,1-3H3;7H,4-6H2,1-3H3,(H,9,10);7H,4-6H2,1-3H3;3-4H2,1-2H3;1-2H3;16*1H4. The highest BCUT2D eigenvalue weighted by Gasteiger charge is 2.13. The molecule has 5 amide bonds. The van der Waals surface area contributed by atoms with Crippen LogP contribution in [0.25, 0.3) is 0 Å². The minimum absolute atomic E-state index is 0. The number of carbonyl (C=O) groups is 6. The molecule has 0 aromatic rings. The third-order valence-corrected chi connectivity index (χ3v) is 16.3. The highest BCUT2D eigenvalue weighted by molar-refractivity contribution is 7.99. The van der Waals surface area contributed by atoms with Crippen LogP contribution in [-0.4, -0.2) is 199 Å². The minimum atomic E-state index is -0.312. The molecule has 0 aliphatic rings. The van der Waals surface area contributed by atoms with Gasteiger partial charge in [0.1, 0.15) is 6.10 Å². The van der Waals surface area contributed by atoms with E-state index in [2.05, 4.69) is 142 Å². The van der Waals surface area contributed by atoms with Crippen molar-refractivity contribution in [3.05, 3.63) is 0 Å². The Morgan fingerprint density at radius 2 is 0.658 bits per heavy atom. The zero-order valence-electron chi connectivity index (χ0n) is 70.1. The second-order valence-corrected chi connectivity index (χ2v) is 27.0. The summed E-state index contributed by atoms with van der Waals surface area (Å²) in [5.74, 6) is 6.07. The lowest BCUT2D eigenvalue weighted by Crippen LogP contribution is -2.28. The van der Waals surface area contributed by atoms with E-state index in [1.165, 1.54) is 46.1 Å². The molecule has 7 atom stereocenters. The van der Waals surface area contributed by atoms with Crippen molar-refractivity contribution < 1.29 is 76.1 Å². The van der Waals surface area contributed by atoms with Crippen LogP contribution in [-0.2, 0) is 71.3 Å². The van der Waals surface area contributed by atoms with E-state index in [9.17, 15) is 28.8 Å². The van der Waals surface area contributed by atoms with Gasteiger partial charge in [0.15, 0.2) is 0 Å². The summed E-state index contributed by atoms with van der Waals surface area (Å²) in [7, 11) is 3.06. The average molecular weight is 1730 g/mol. The Labute approximate surface area is 744 Å². The maximum Gasteiger partial charge on any atom is 0.407 e. The zero-order valence-corrected chi connectivity index (χ0v) is 70.9. The molecule has 0 aromatic heterocycles. The number of esters is 1. The highest BCUT2D eigenvalue weighted by atomic mass is 32.2. The van der Waals surface area contributed by atoms with Crippen molar-refractivity contribution in [2.75, 3.05) is 158 Å². The van der Waals surface area contributed by atoms with Gasteiger partial charge in [-0.15, -0.1) is 0 Å². The van der Waals surface area contributed by atoms with Gasteiger partial charge in [-0.05, 0) is 113 Å². The Morgan fingerprint density at radius 3 is 0.991 bits per heavy atom. The summed E-state index contributed by atoms with van der Waals surface area (Å²) in [5, 5.41) is 13.7. The molecule has 117 heavy (non-hydrogen) atoms. The van der Waals surface area contributed by atoms with Crippen molar-refractivity contribution in [3.63, 3.8) is 0 Å². The summed E-state index contributed by atoms with van der Waals surface area (Å²) in [4.78, 5) is 65.2. The van der Waals surface area contributed by atoms with Crippen molar-refractivity contribution in [1.29, 1.82) is 0 Å². The van der Waals surface area contributed by atoms with Crippen LogP contribution >= 0.6 is 11.8 Å². The Morgan fingerprint density at radius 1 is 0.316 bits per heavy atom. The fourth-order valence-electron chi connectivity index (χ4n) is 6.70. The van der Waals surface area contributed by atoms with E-state index in [1.54, 1.807) is 18.9 Å². The summed E-state index contributed by atoms with van der Waals surface area (Å²) >= 11 is 1.81. The Hall–Kier alpha value is -3.35. The Balaban J connectivity index is -0.0000000396. The molecule has 0 bridgehead atoms. The lowest BCUT2D eigenvalue weighted by molar-refractivity contribution is -0.138. The van der Waals surface area contributed by atoms with E-state index in [0.717, 1.165) is 154 Å². The summed E-state index contributed by atoms with van der Waals surface area (Å²) < 4.78 is 52.9. The smallest absolute Gasteiger partial charge is 0.407 e. The summed E-state index contributed by atoms with van der Waals surface area (Å²) in [5.41, 5.74) is 0. The minimum Gasteiger partial charge on any atom is -0.469 e. The number of alkyl carbamates (subject to hydrolysis) is 1. The van der Waals surface area contributed by atoms with E-state index in [0.29, 0.717) is 108 Å². The monoisotopic (exact) mass is 1730 g/mol. The van der Waals surface area contributed by atoms with Gasteiger partial charge in [0, 0.05) is 151 Å². The van der Waals surface area contributed by atoms with E-state index >= 15 is 0 Å². The zero-order chi connectivity index (χ0) is 78.4. The van der Waals surface area contributed by atoms with E-state index < -0.39 is 0 Å². The summed E-state index contributed by atoms with van der Waals surface area (Å²) in [6.45, 7) is 60.4. The molecule has 0 aliphatic heterocycles. The normalized spacial score (nSPS) is 10.9. The van der Waals surface area contributed by atoms with Crippen LogP contribution in [0.15, 0.2) is 0 Å². The largest absolute Gasteiger partial charge is 0.469 e. The molecule has 0 aliphatic carbocycles. The van der Waals surface area contributed by atoms with Crippen molar-refractivity contribution >= 4 is 47.5 Å². The second-order valence-electron chi connectivity index (χ2n) is 25.8. The number of hydrogen-bond donors (Lipinski definition) is 5. The predicted molar refractivity (Wildman–Crippen MR) is 532 cm³/mol. The molecule has 738 valence electrons. The number of ether oxygens (including phenoxy) is 10. The van der Waals surface area contributed by atoms with Crippen molar-refractivity contribution in [1.82, 2.24) is 26.6 Å². The number of methoxy groups -OCH3 is 2. The molecule has 0 saturated heterocycles. The van der Waals surface area contributed by atoms with Crippen LogP contribution in [0.4, 0.5) is 4.79 Å². The van der Waals surface area contributed by atoms with Crippen molar-refractivity contribution in [2.45, 2.75) is 399 Å². The first-order chi connectivity index (χ1) is 48.3. The SMILES string of the molecule is C.C.C.C.C.C.C.C.C.C.C.C.C.C.C.C.CCC(=O)NCCOCC(C)CC.CCCCCOCC(C)CC.CCCOC.CCNC(=O)CCC(=O)NCCCCCOCC(C)CC.CCNC(=O)CCSCCCOC(COCC(C)CC)COCC(C)CC.CCNC(=O)OCC(C)CC.CCOCC(C)CC.COC(C)=O. The van der Waals surface area contributed by atoms with Crippen LogP contribution in [0.2, 0.25) is 0 Å². The molecule has 0 saturated carbocycles. The van der Waals surface area contributed by atoms with E-state index in [1.807, 2.05) is 34.6 Å². The van der Waals surface area contributed by atoms with Gasteiger partial charge in [0.2, 0.25) is 23.6 Å².